The monoisotopic (exact) mass is 335 g/mol. The summed E-state index contributed by atoms with van der Waals surface area (Å²) in [6.07, 6.45) is 1.92. The third-order valence-corrected chi connectivity index (χ3v) is 5.31. The quantitative estimate of drug-likeness (QED) is 0.635. The van der Waals surface area contributed by atoms with E-state index >= 15 is 0 Å². The van der Waals surface area contributed by atoms with Crippen LogP contribution in [0.2, 0.25) is 0 Å². The summed E-state index contributed by atoms with van der Waals surface area (Å²) in [7, 11) is 2.05. The summed E-state index contributed by atoms with van der Waals surface area (Å²) < 4.78 is 13.0. The van der Waals surface area contributed by atoms with Crippen LogP contribution >= 0.6 is 0 Å². The van der Waals surface area contributed by atoms with Gasteiger partial charge >= 0.3 is 0 Å². The Labute approximate surface area is 147 Å². The number of nitrogens with zero attached hydrogens (tertiary/aromatic N) is 1. The van der Waals surface area contributed by atoms with Gasteiger partial charge < -0.3 is 0 Å². The van der Waals surface area contributed by atoms with Crippen molar-refractivity contribution in [1.82, 2.24) is 4.90 Å². The maximum atomic E-state index is 13.0. The van der Waals surface area contributed by atoms with Gasteiger partial charge in [-0.2, -0.15) is 0 Å². The fourth-order valence-corrected chi connectivity index (χ4v) is 3.11. The number of rotatable bonds is 9. The minimum Gasteiger partial charge on any atom is -0.298 e. The van der Waals surface area contributed by atoms with E-state index in [1.165, 1.54) is 12.1 Å². The Morgan fingerprint density at radius 3 is 2.04 bits per heavy atom. The predicted molar refractivity (Wildman–Crippen MR) is 99.6 cm³/mol. The molecular weight excluding hydrogens is 301 g/mol. The molecule has 0 N–H and O–H groups in total. The van der Waals surface area contributed by atoms with Gasteiger partial charge in [0.25, 0.3) is 0 Å². The van der Waals surface area contributed by atoms with Crippen molar-refractivity contribution in [2.75, 3.05) is 7.05 Å². The smallest absolute Gasteiger partial charge is 0.152 e. The Bertz CT molecular complexity index is 509. The Kier molecular flexibility index (Phi) is 8.08. The van der Waals surface area contributed by atoms with Crippen LogP contribution in [-0.4, -0.2) is 29.8 Å². The molecule has 0 spiro atoms. The molecule has 3 atom stereocenters. The van der Waals surface area contributed by atoms with E-state index in [2.05, 4.69) is 39.6 Å². The highest BCUT2D eigenvalue weighted by atomic mass is 19.1. The van der Waals surface area contributed by atoms with E-state index in [0.29, 0.717) is 17.7 Å². The number of carbonyl (C=O) groups excluding carboxylic acids is 1. The molecule has 0 saturated heterocycles. The van der Waals surface area contributed by atoms with Gasteiger partial charge in [-0.25, -0.2) is 4.39 Å². The summed E-state index contributed by atoms with van der Waals surface area (Å²) in [6.45, 7) is 12.7. The summed E-state index contributed by atoms with van der Waals surface area (Å²) in [5.74, 6) is 0.883. The highest BCUT2D eigenvalue weighted by Gasteiger charge is 2.34. The lowest BCUT2D eigenvalue weighted by Gasteiger charge is -2.38. The third-order valence-electron chi connectivity index (χ3n) is 5.31. The molecule has 0 aliphatic heterocycles. The van der Waals surface area contributed by atoms with Gasteiger partial charge in [0.15, 0.2) is 5.78 Å². The van der Waals surface area contributed by atoms with Gasteiger partial charge in [0.2, 0.25) is 0 Å². The summed E-state index contributed by atoms with van der Waals surface area (Å²) in [6, 6.07) is 7.02. The normalized spacial score (nSPS) is 15.8. The predicted octanol–water partition coefficient (Wildman–Crippen LogP) is 4.96. The Balaban J connectivity index is 2.78. The zero-order chi connectivity index (χ0) is 18.4. The molecular formula is C21H34FNO. The van der Waals surface area contributed by atoms with Crippen molar-refractivity contribution in [3.63, 3.8) is 0 Å². The number of Topliss-reactive ketones (excluding diaryl/α,β-unsaturated/α-hetero) is 1. The van der Waals surface area contributed by atoms with Crippen molar-refractivity contribution in [3.05, 3.63) is 35.6 Å². The van der Waals surface area contributed by atoms with Gasteiger partial charge in [0.1, 0.15) is 5.82 Å². The summed E-state index contributed by atoms with van der Waals surface area (Å²) in [4.78, 5) is 15.0. The molecule has 1 aromatic carbocycles. The van der Waals surface area contributed by atoms with E-state index in [9.17, 15) is 9.18 Å². The first-order valence-corrected chi connectivity index (χ1v) is 9.15. The molecule has 0 radical (unpaired) electrons. The lowest BCUT2D eigenvalue weighted by Crippen LogP contribution is -2.49. The van der Waals surface area contributed by atoms with Crippen molar-refractivity contribution in [3.8, 4) is 0 Å². The van der Waals surface area contributed by atoms with Gasteiger partial charge in [-0.15, -0.1) is 0 Å². The minimum absolute atomic E-state index is 0.0444. The molecule has 0 saturated carbocycles. The summed E-state index contributed by atoms with van der Waals surface area (Å²) >= 11 is 0. The molecule has 0 heterocycles. The third kappa shape index (κ3) is 5.70. The first kappa shape index (κ1) is 20.8. The largest absolute Gasteiger partial charge is 0.298 e. The second kappa shape index (κ2) is 9.31. The average molecular weight is 336 g/mol. The van der Waals surface area contributed by atoms with Crippen molar-refractivity contribution >= 4 is 5.78 Å². The number of ketones is 1. The molecule has 0 fully saturated rings. The van der Waals surface area contributed by atoms with Crippen LogP contribution < -0.4 is 0 Å². The number of hydrogen-bond donors (Lipinski definition) is 0. The van der Waals surface area contributed by atoms with Crippen LogP contribution in [0.4, 0.5) is 4.39 Å². The Morgan fingerprint density at radius 1 is 1.04 bits per heavy atom. The first-order valence-electron chi connectivity index (χ1n) is 9.15. The lowest BCUT2D eigenvalue weighted by atomic mass is 9.80. The Morgan fingerprint density at radius 2 is 1.58 bits per heavy atom. The van der Waals surface area contributed by atoms with Crippen LogP contribution in [0.25, 0.3) is 0 Å². The van der Waals surface area contributed by atoms with Gasteiger partial charge in [-0.05, 0) is 63.3 Å². The molecule has 3 heteroatoms. The zero-order valence-electron chi connectivity index (χ0n) is 16.3. The zero-order valence-corrected chi connectivity index (χ0v) is 16.3. The fourth-order valence-electron chi connectivity index (χ4n) is 3.11. The molecule has 2 nitrogen and oxygen atoms in total. The standard InChI is InChI=1S/C21H34FNO/c1-14(2)21(24)20(23(7)15(3)4)17(6)16(5)8-9-18-10-12-19(22)13-11-18/h10-17,20H,8-9H2,1-7H3/t16-,17-,20+/m1/s1. The van der Waals surface area contributed by atoms with Crippen LogP contribution in [0.15, 0.2) is 24.3 Å². The molecule has 1 aromatic rings. The van der Waals surface area contributed by atoms with Crippen molar-refractivity contribution in [2.24, 2.45) is 17.8 Å². The van der Waals surface area contributed by atoms with Crippen molar-refractivity contribution < 1.29 is 9.18 Å². The van der Waals surface area contributed by atoms with Gasteiger partial charge in [0, 0.05) is 12.0 Å². The number of carbonyl (C=O) groups is 1. The maximum Gasteiger partial charge on any atom is 0.152 e. The summed E-state index contributed by atoms with van der Waals surface area (Å²) in [5.41, 5.74) is 1.15. The van der Waals surface area contributed by atoms with Gasteiger partial charge in [-0.3, -0.25) is 9.69 Å². The lowest BCUT2D eigenvalue weighted by molar-refractivity contribution is -0.130. The molecule has 0 bridgehead atoms. The number of likely N-dealkylation sites (N-methyl/N-ethyl adjacent to an activating group) is 1. The van der Waals surface area contributed by atoms with E-state index in [0.717, 1.165) is 18.4 Å². The van der Waals surface area contributed by atoms with Crippen LogP contribution in [0.1, 0.15) is 53.5 Å². The fraction of sp³-hybridized carbons (Fsp3) is 0.667. The van der Waals surface area contributed by atoms with Crippen molar-refractivity contribution in [2.45, 2.75) is 66.5 Å². The number of hydrogen-bond acceptors (Lipinski definition) is 2. The number of aryl methyl sites for hydroxylation is 1. The minimum atomic E-state index is -0.193. The van der Waals surface area contributed by atoms with E-state index in [1.54, 1.807) is 0 Å². The topological polar surface area (TPSA) is 20.3 Å². The molecule has 0 unspecified atom stereocenters. The number of benzene rings is 1. The molecule has 0 aliphatic carbocycles. The van der Waals surface area contributed by atoms with Crippen LogP contribution in [0.3, 0.4) is 0 Å². The van der Waals surface area contributed by atoms with Crippen LogP contribution in [0.5, 0.6) is 0 Å². The second-order valence-electron chi connectivity index (χ2n) is 7.76. The van der Waals surface area contributed by atoms with Crippen LogP contribution in [0, 0.1) is 23.6 Å². The Hall–Kier alpha value is -1.22. The van der Waals surface area contributed by atoms with Gasteiger partial charge in [-0.1, -0.05) is 39.8 Å². The maximum absolute atomic E-state index is 13.0. The van der Waals surface area contributed by atoms with Crippen molar-refractivity contribution in [1.29, 1.82) is 0 Å². The van der Waals surface area contributed by atoms with Crippen LogP contribution in [-0.2, 0) is 11.2 Å². The summed E-state index contributed by atoms with van der Waals surface area (Å²) in [5, 5.41) is 0. The molecule has 0 aromatic heterocycles. The molecule has 1 rings (SSSR count). The number of halogens is 1. The highest BCUT2D eigenvalue weighted by Crippen LogP contribution is 2.27. The second-order valence-corrected chi connectivity index (χ2v) is 7.76. The van der Waals surface area contributed by atoms with E-state index in [4.69, 9.17) is 0 Å². The SMILES string of the molecule is CC(C)C(=O)[C@H]([C@H](C)[C@H](C)CCc1ccc(F)cc1)N(C)C(C)C. The van der Waals surface area contributed by atoms with E-state index in [-0.39, 0.29) is 23.7 Å². The molecule has 24 heavy (non-hydrogen) atoms. The first-order chi connectivity index (χ1) is 11.1. The van der Waals surface area contributed by atoms with E-state index in [1.807, 2.05) is 26.0 Å². The van der Waals surface area contributed by atoms with E-state index < -0.39 is 0 Å². The molecule has 0 aliphatic rings. The van der Waals surface area contributed by atoms with Gasteiger partial charge in [0.05, 0.1) is 6.04 Å². The average Bonchev–Trinajstić information content (AvgIpc) is 2.53. The molecule has 0 amide bonds. The highest BCUT2D eigenvalue weighted by molar-refractivity contribution is 5.86. The molecule has 136 valence electrons.